The van der Waals surface area contributed by atoms with Crippen molar-refractivity contribution in [3.8, 4) is 0 Å². The average Bonchev–Trinajstić information content (AvgIpc) is 2.63. The quantitative estimate of drug-likeness (QED) is 0.878. The van der Waals surface area contributed by atoms with Gasteiger partial charge in [0.1, 0.15) is 5.82 Å². The van der Waals surface area contributed by atoms with Crippen LogP contribution < -0.4 is 10.6 Å². The maximum Gasteiger partial charge on any atom is 0.251 e. The third-order valence-corrected chi connectivity index (χ3v) is 3.37. The number of carbonyl (C=O) groups is 1. The van der Waals surface area contributed by atoms with Crippen molar-refractivity contribution in [2.75, 3.05) is 13.1 Å². The van der Waals surface area contributed by atoms with Gasteiger partial charge in [-0.2, -0.15) is 0 Å². The van der Waals surface area contributed by atoms with Crippen LogP contribution in [0.4, 0.5) is 4.39 Å². The van der Waals surface area contributed by atoms with Crippen LogP contribution in [0.15, 0.2) is 22.7 Å². The molecule has 1 fully saturated rings. The molecule has 1 aliphatic rings. The van der Waals surface area contributed by atoms with E-state index in [-0.39, 0.29) is 11.4 Å². The second kappa shape index (κ2) is 4.74. The highest BCUT2D eigenvalue weighted by molar-refractivity contribution is 9.10. The first-order chi connectivity index (χ1) is 7.98. The van der Waals surface area contributed by atoms with E-state index in [1.807, 2.05) is 6.92 Å². The molecule has 1 saturated heterocycles. The summed E-state index contributed by atoms with van der Waals surface area (Å²) >= 11 is 3.18. The maximum atomic E-state index is 13.2. The summed E-state index contributed by atoms with van der Waals surface area (Å²) in [5.74, 6) is -0.657. The number of rotatable bonds is 2. The van der Waals surface area contributed by atoms with Crippen LogP contribution >= 0.6 is 15.9 Å². The molecule has 0 aliphatic carbocycles. The zero-order chi connectivity index (χ0) is 12.5. The van der Waals surface area contributed by atoms with Crippen molar-refractivity contribution in [3.63, 3.8) is 0 Å². The zero-order valence-corrected chi connectivity index (χ0v) is 11.1. The van der Waals surface area contributed by atoms with E-state index in [1.54, 1.807) is 6.07 Å². The standard InChI is InChI=1S/C12H14BrFN2O/c1-12(2-3-15-7-12)16-11(17)8-4-9(13)6-10(14)5-8/h4-6,15H,2-3,7H2,1H3,(H,16,17). The van der Waals surface area contributed by atoms with Gasteiger partial charge in [0.2, 0.25) is 0 Å². The Hall–Kier alpha value is -0.940. The van der Waals surface area contributed by atoms with Gasteiger partial charge in [-0.25, -0.2) is 4.39 Å². The van der Waals surface area contributed by atoms with E-state index in [4.69, 9.17) is 0 Å². The molecule has 1 atom stereocenters. The SMILES string of the molecule is CC1(NC(=O)c2cc(F)cc(Br)c2)CCNC1. The van der Waals surface area contributed by atoms with Gasteiger partial charge in [-0.05, 0) is 38.1 Å². The number of hydrogen-bond donors (Lipinski definition) is 2. The molecule has 2 rings (SSSR count). The zero-order valence-electron chi connectivity index (χ0n) is 9.52. The van der Waals surface area contributed by atoms with Gasteiger partial charge < -0.3 is 10.6 Å². The first-order valence-corrected chi connectivity index (χ1v) is 6.27. The molecule has 92 valence electrons. The van der Waals surface area contributed by atoms with E-state index < -0.39 is 5.82 Å². The fourth-order valence-corrected chi connectivity index (χ4v) is 2.42. The molecule has 2 N–H and O–H groups in total. The van der Waals surface area contributed by atoms with Crippen molar-refractivity contribution < 1.29 is 9.18 Å². The Morgan fingerprint density at radius 1 is 1.53 bits per heavy atom. The predicted octanol–water partition coefficient (Wildman–Crippen LogP) is 2.07. The van der Waals surface area contributed by atoms with E-state index in [0.29, 0.717) is 10.0 Å². The number of halogens is 2. The van der Waals surface area contributed by atoms with Gasteiger partial charge in [0.15, 0.2) is 0 Å². The molecule has 17 heavy (non-hydrogen) atoms. The normalized spacial score (nSPS) is 23.7. The number of carbonyl (C=O) groups excluding carboxylic acids is 1. The summed E-state index contributed by atoms with van der Waals surface area (Å²) in [5, 5.41) is 6.13. The van der Waals surface area contributed by atoms with Gasteiger partial charge >= 0.3 is 0 Å². The molecule has 1 aliphatic heterocycles. The van der Waals surface area contributed by atoms with Gasteiger partial charge in [0.25, 0.3) is 5.91 Å². The third-order valence-electron chi connectivity index (χ3n) is 2.91. The molecular formula is C12H14BrFN2O. The highest BCUT2D eigenvalue weighted by atomic mass is 79.9. The van der Waals surface area contributed by atoms with Crippen LogP contribution in [-0.2, 0) is 0 Å². The lowest BCUT2D eigenvalue weighted by atomic mass is 10.0. The van der Waals surface area contributed by atoms with E-state index in [0.717, 1.165) is 19.5 Å². The Bertz CT molecular complexity index is 424. The van der Waals surface area contributed by atoms with Crippen molar-refractivity contribution in [1.82, 2.24) is 10.6 Å². The van der Waals surface area contributed by atoms with E-state index >= 15 is 0 Å². The molecule has 1 unspecified atom stereocenters. The minimum Gasteiger partial charge on any atom is -0.346 e. The Kier molecular flexibility index (Phi) is 3.49. The average molecular weight is 301 g/mol. The second-order valence-corrected chi connectivity index (χ2v) is 5.52. The minimum absolute atomic E-state index is 0.239. The molecule has 3 nitrogen and oxygen atoms in total. The van der Waals surface area contributed by atoms with Gasteiger partial charge in [0, 0.05) is 16.6 Å². The Morgan fingerprint density at radius 3 is 2.88 bits per heavy atom. The number of nitrogens with one attached hydrogen (secondary N) is 2. The Balaban J connectivity index is 2.14. The fraction of sp³-hybridized carbons (Fsp3) is 0.417. The lowest BCUT2D eigenvalue weighted by molar-refractivity contribution is 0.0912. The van der Waals surface area contributed by atoms with Gasteiger partial charge in [-0.15, -0.1) is 0 Å². The van der Waals surface area contributed by atoms with Crippen molar-refractivity contribution in [2.45, 2.75) is 18.9 Å². The number of amides is 1. The van der Waals surface area contributed by atoms with Crippen LogP contribution in [-0.4, -0.2) is 24.5 Å². The van der Waals surface area contributed by atoms with Gasteiger partial charge in [-0.1, -0.05) is 15.9 Å². The Morgan fingerprint density at radius 2 is 2.29 bits per heavy atom. The second-order valence-electron chi connectivity index (χ2n) is 4.60. The molecule has 0 radical (unpaired) electrons. The number of benzene rings is 1. The lowest BCUT2D eigenvalue weighted by Gasteiger charge is -2.24. The maximum absolute atomic E-state index is 13.2. The van der Waals surface area contributed by atoms with Crippen LogP contribution in [0.5, 0.6) is 0 Å². The summed E-state index contributed by atoms with van der Waals surface area (Å²) in [7, 11) is 0. The van der Waals surface area contributed by atoms with Crippen LogP contribution in [0.3, 0.4) is 0 Å². The van der Waals surface area contributed by atoms with E-state index in [1.165, 1.54) is 12.1 Å². The highest BCUT2D eigenvalue weighted by Crippen LogP contribution is 2.18. The molecule has 1 aromatic carbocycles. The smallest absolute Gasteiger partial charge is 0.251 e. The molecule has 0 bridgehead atoms. The summed E-state index contributed by atoms with van der Waals surface area (Å²) in [6, 6.07) is 4.19. The summed E-state index contributed by atoms with van der Waals surface area (Å²) in [6.45, 7) is 3.62. The molecular weight excluding hydrogens is 287 g/mol. The van der Waals surface area contributed by atoms with Crippen LogP contribution in [0.1, 0.15) is 23.7 Å². The van der Waals surface area contributed by atoms with Gasteiger partial charge in [-0.3, -0.25) is 4.79 Å². The van der Waals surface area contributed by atoms with E-state index in [9.17, 15) is 9.18 Å². The largest absolute Gasteiger partial charge is 0.346 e. The monoisotopic (exact) mass is 300 g/mol. The topological polar surface area (TPSA) is 41.1 Å². The molecule has 0 saturated carbocycles. The molecule has 1 amide bonds. The molecule has 5 heteroatoms. The predicted molar refractivity (Wildman–Crippen MR) is 67.5 cm³/mol. The third kappa shape index (κ3) is 3.04. The summed E-state index contributed by atoms with van der Waals surface area (Å²) < 4.78 is 13.7. The summed E-state index contributed by atoms with van der Waals surface area (Å²) in [6.07, 6.45) is 0.884. The molecule has 0 spiro atoms. The van der Waals surface area contributed by atoms with Crippen molar-refractivity contribution in [3.05, 3.63) is 34.1 Å². The van der Waals surface area contributed by atoms with Crippen LogP contribution in [0, 0.1) is 5.82 Å². The minimum atomic E-state index is -0.417. The van der Waals surface area contributed by atoms with Crippen molar-refractivity contribution in [2.24, 2.45) is 0 Å². The van der Waals surface area contributed by atoms with Crippen molar-refractivity contribution >= 4 is 21.8 Å². The Labute approximate surface area is 108 Å². The fourth-order valence-electron chi connectivity index (χ4n) is 1.95. The summed E-state index contributed by atoms with van der Waals surface area (Å²) in [4.78, 5) is 12.0. The molecule has 0 aromatic heterocycles. The first kappa shape index (κ1) is 12.5. The van der Waals surface area contributed by atoms with Crippen LogP contribution in [0.2, 0.25) is 0 Å². The first-order valence-electron chi connectivity index (χ1n) is 5.48. The summed E-state index contributed by atoms with van der Waals surface area (Å²) in [5.41, 5.74) is 0.0978. The van der Waals surface area contributed by atoms with Crippen molar-refractivity contribution in [1.29, 1.82) is 0 Å². The molecule has 1 aromatic rings. The lowest BCUT2D eigenvalue weighted by Crippen LogP contribution is -2.47. The van der Waals surface area contributed by atoms with E-state index in [2.05, 4.69) is 26.6 Å². The van der Waals surface area contributed by atoms with Gasteiger partial charge in [0.05, 0.1) is 5.54 Å². The number of hydrogen-bond acceptors (Lipinski definition) is 2. The molecule has 1 heterocycles. The highest BCUT2D eigenvalue weighted by Gasteiger charge is 2.30. The van der Waals surface area contributed by atoms with Crippen LogP contribution in [0.25, 0.3) is 0 Å².